The summed E-state index contributed by atoms with van der Waals surface area (Å²) in [6, 6.07) is 15.7. The van der Waals surface area contributed by atoms with Crippen LogP contribution in [0.2, 0.25) is 0 Å². The van der Waals surface area contributed by atoms with Crippen molar-refractivity contribution in [3.8, 4) is 17.6 Å². The number of methoxy groups -OCH3 is 1. The van der Waals surface area contributed by atoms with Crippen LogP contribution in [0.25, 0.3) is 0 Å². The molecule has 9 heteroatoms. The molecular weight excluding hydrogens is 460 g/mol. The number of piperazine rings is 1. The van der Waals surface area contributed by atoms with Gasteiger partial charge in [-0.2, -0.15) is 5.26 Å². The number of benzene rings is 2. The van der Waals surface area contributed by atoms with Gasteiger partial charge < -0.3 is 24.0 Å². The third kappa shape index (κ3) is 6.33. The molecule has 190 valence electrons. The van der Waals surface area contributed by atoms with Gasteiger partial charge in [0, 0.05) is 44.8 Å². The Bertz CT molecular complexity index is 1100. The van der Waals surface area contributed by atoms with Crippen molar-refractivity contribution in [2.24, 2.45) is 0 Å². The lowest BCUT2D eigenvalue weighted by Gasteiger charge is -2.43. The monoisotopic (exact) mass is 492 g/mol. The van der Waals surface area contributed by atoms with E-state index >= 15 is 0 Å². The predicted octanol–water partition coefficient (Wildman–Crippen LogP) is 2.02. The second kappa shape index (κ2) is 12.4. The molecule has 2 saturated heterocycles. The van der Waals surface area contributed by atoms with Gasteiger partial charge in [0.25, 0.3) is 5.91 Å². The van der Waals surface area contributed by atoms with Crippen LogP contribution in [0, 0.1) is 11.3 Å². The first kappa shape index (κ1) is 25.5. The number of hydrogen-bond donors (Lipinski definition) is 0. The molecule has 2 aromatic rings. The highest BCUT2D eigenvalue weighted by molar-refractivity contribution is 5.98. The van der Waals surface area contributed by atoms with Gasteiger partial charge in [0.15, 0.2) is 0 Å². The summed E-state index contributed by atoms with van der Waals surface area (Å²) in [7, 11) is 1.57. The number of nitriles is 1. The van der Waals surface area contributed by atoms with Crippen molar-refractivity contribution in [1.29, 1.82) is 5.26 Å². The fourth-order valence-corrected chi connectivity index (χ4v) is 4.55. The van der Waals surface area contributed by atoms with Gasteiger partial charge in [-0.25, -0.2) is 0 Å². The van der Waals surface area contributed by atoms with Gasteiger partial charge in [-0.3, -0.25) is 14.5 Å². The molecule has 2 aromatic carbocycles. The molecule has 2 aliphatic heterocycles. The Morgan fingerprint density at radius 2 is 1.83 bits per heavy atom. The van der Waals surface area contributed by atoms with Crippen LogP contribution in [0.15, 0.2) is 48.5 Å². The molecular formula is C27H32N4O5. The number of morpholine rings is 1. The summed E-state index contributed by atoms with van der Waals surface area (Å²) in [6.45, 7) is 4.93. The van der Waals surface area contributed by atoms with E-state index in [0.29, 0.717) is 75.2 Å². The van der Waals surface area contributed by atoms with Gasteiger partial charge in [0.05, 0.1) is 38.6 Å². The van der Waals surface area contributed by atoms with Crippen molar-refractivity contribution in [3.63, 3.8) is 0 Å². The third-order valence-electron chi connectivity index (χ3n) is 6.50. The van der Waals surface area contributed by atoms with Gasteiger partial charge in [-0.15, -0.1) is 0 Å². The molecule has 0 spiro atoms. The van der Waals surface area contributed by atoms with E-state index in [-0.39, 0.29) is 11.8 Å². The molecule has 1 atom stereocenters. The highest BCUT2D eigenvalue weighted by atomic mass is 16.5. The summed E-state index contributed by atoms with van der Waals surface area (Å²) in [5, 5.41) is 9.04. The minimum atomic E-state index is -0.566. The van der Waals surface area contributed by atoms with Crippen molar-refractivity contribution in [2.45, 2.75) is 12.5 Å². The van der Waals surface area contributed by atoms with Crippen molar-refractivity contribution < 1.29 is 23.8 Å². The van der Waals surface area contributed by atoms with Crippen LogP contribution in [0.1, 0.15) is 22.3 Å². The molecule has 2 heterocycles. The Labute approximate surface area is 211 Å². The van der Waals surface area contributed by atoms with Gasteiger partial charge in [-0.05, 0) is 42.8 Å². The molecule has 0 aliphatic carbocycles. The summed E-state index contributed by atoms with van der Waals surface area (Å²) in [6.07, 6.45) is 0.763. The molecule has 2 fully saturated rings. The molecule has 9 nitrogen and oxygen atoms in total. The lowest BCUT2D eigenvalue weighted by atomic mass is 10.1. The summed E-state index contributed by atoms with van der Waals surface area (Å²) in [4.78, 5) is 32.7. The lowest BCUT2D eigenvalue weighted by Crippen LogP contribution is -2.62. The van der Waals surface area contributed by atoms with Crippen molar-refractivity contribution in [1.82, 2.24) is 14.7 Å². The van der Waals surface area contributed by atoms with E-state index in [1.165, 1.54) is 0 Å². The zero-order valence-electron chi connectivity index (χ0n) is 20.6. The molecule has 1 unspecified atom stereocenters. The Hall–Kier alpha value is -3.61. The standard InChI is InChI=1S/C27H32N4O5/c1-34-23-7-3-6-22(18-23)26(32)31-11-10-29(20-25(31)27(33)30-12-15-35-16-13-30)9-4-14-36-24-8-2-5-21(17-24)19-28/h2-3,5-8,17-18,25H,4,9-16,20H2,1H3. The van der Waals surface area contributed by atoms with Crippen LogP contribution >= 0.6 is 0 Å². The Kier molecular flexibility index (Phi) is 8.76. The average Bonchev–Trinajstić information content (AvgIpc) is 2.95. The van der Waals surface area contributed by atoms with Gasteiger partial charge in [0.1, 0.15) is 17.5 Å². The zero-order valence-corrected chi connectivity index (χ0v) is 20.6. The van der Waals surface area contributed by atoms with E-state index in [0.717, 1.165) is 13.0 Å². The number of rotatable bonds is 8. The molecule has 2 aliphatic rings. The number of carbonyl (C=O) groups excluding carboxylic acids is 2. The molecule has 0 N–H and O–H groups in total. The topological polar surface area (TPSA) is 95.3 Å². The van der Waals surface area contributed by atoms with Gasteiger partial charge in [-0.1, -0.05) is 12.1 Å². The molecule has 0 radical (unpaired) electrons. The smallest absolute Gasteiger partial charge is 0.254 e. The van der Waals surface area contributed by atoms with Crippen molar-refractivity contribution in [2.75, 3.05) is 66.2 Å². The number of nitrogens with zero attached hydrogens (tertiary/aromatic N) is 4. The van der Waals surface area contributed by atoms with Crippen LogP contribution in [-0.2, 0) is 9.53 Å². The first-order valence-corrected chi connectivity index (χ1v) is 12.3. The highest BCUT2D eigenvalue weighted by Gasteiger charge is 2.38. The van der Waals surface area contributed by atoms with Crippen LogP contribution in [0.5, 0.6) is 11.5 Å². The fraction of sp³-hybridized carbons (Fsp3) is 0.444. The second-order valence-corrected chi connectivity index (χ2v) is 8.83. The third-order valence-corrected chi connectivity index (χ3v) is 6.50. The number of ether oxygens (including phenoxy) is 3. The van der Waals surface area contributed by atoms with Crippen molar-refractivity contribution in [3.05, 3.63) is 59.7 Å². The molecule has 0 saturated carbocycles. The second-order valence-electron chi connectivity index (χ2n) is 8.83. The van der Waals surface area contributed by atoms with Crippen LogP contribution in [0.4, 0.5) is 0 Å². The summed E-state index contributed by atoms with van der Waals surface area (Å²) < 4.78 is 16.5. The van der Waals surface area contributed by atoms with Crippen molar-refractivity contribution >= 4 is 11.8 Å². The van der Waals surface area contributed by atoms with E-state index in [9.17, 15) is 9.59 Å². The Morgan fingerprint density at radius 3 is 2.61 bits per heavy atom. The number of amides is 2. The van der Waals surface area contributed by atoms with Gasteiger partial charge in [0.2, 0.25) is 5.91 Å². The van der Waals surface area contributed by atoms with E-state index in [1.54, 1.807) is 59.4 Å². The largest absolute Gasteiger partial charge is 0.497 e. The minimum absolute atomic E-state index is 0.0381. The predicted molar refractivity (Wildman–Crippen MR) is 133 cm³/mol. The summed E-state index contributed by atoms with van der Waals surface area (Å²) in [5.74, 6) is 1.07. The van der Waals surface area contributed by atoms with E-state index in [4.69, 9.17) is 19.5 Å². The highest BCUT2D eigenvalue weighted by Crippen LogP contribution is 2.20. The van der Waals surface area contributed by atoms with E-state index in [1.807, 2.05) is 6.07 Å². The van der Waals surface area contributed by atoms with Crippen LogP contribution in [0.3, 0.4) is 0 Å². The maximum absolute atomic E-state index is 13.5. The molecule has 36 heavy (non-hydrogen) atoms. The Morgan fingerprint density at radius 1 is 1.06 bits per heavy atom. The first-order chi connectivity index (χ1) is 17.6. The molecule has 0 bridgehead atoms. The molecule has 0 aromatic heterocycles. The summed E-state index contributed by atoms with van der Waals surface area (Å²) >= 11 is 0. The summed E-state index contributed by atoms with van der Waals surface area (Å²) in [5.41, 5.74) is 1.07. The van der Waals surface area contributed by atoms with Crippen LogP contribution < -0.4 is 9.47 Å². The Balaban J connectivity index is 1.40. The fourth-order valence-electron chi connectivity index (χ4n) is 4.55. The lowest BCUT2D eigenvalue weighted by molar-refractivity contribution is -0.142. The van der Waals surface area contributed by atoms with E-state index in [2.05, 4.69) is 11.0 Å². The number of hydrogen-bond acceptors (Lipinski definition) is 7. The van der Waals surface area contributed by atoms with Gasteiger partial charge >= 0.3 is 0 Å². The molecule has 4 rings (SSSR count). The normalized spacial score (nSPS) is 18.4. The average molecular weight is 493 g/mol. The first-order valence-electron chi connectivity index (χ1n) is 12.3. The maximum atomic E-state index is 13.5. The quantitative estimate of drug-likeness (QED) is 0.521. The molecule has 2 amide bonds. The SMILES string of the molecule is COc1cccc(C(=O)N2CCN(CCCOc3cccc(C#N)c3)CC2C(=O)N2CCOCC2)c1. The minimum Gasteiger partial charge on any atom is -0.497 e. The zero-order chi connectivity index (χ0) is 25.3. The van der Waals surface area contributed by atoms with E-state index < -0.39 is 6.04 Å². The maximum Gasteiger partial charge on any atom is 0.254 e. The van der Waals surface area contributed by atoms with Crippen LogP contribution in [-0.4, -0.2) is 98.8 Å². The number of carbonyl (C=O) groups is 2.